The molecule has 3 rings (SSSR count). The van der Waals surface area contributed by atoms with Gasteiger partial charge in [0.05, 0.1) is 0 Å². The molecule has 5 heteroatoms. The van der Waals surface area contributed by atoms with Crippen molar-refractivity contribution in [1.82, 2.24) is 19.9 Å². The van der Waals surface area contributed by atoms with Gasteiger partial charge in [-0.1, -0.05) is 0 Å². The van der Waals surface area contributed by atoms with E-state index in [-0.39, 0.29) is 0 Å². The molecule has 5 nitrogen and oxygen atoms in total. The molecule has 0 amide bonds. The van der Waals surface area contributed by atoms with E-state index in [9.17, 15) is 0 Å². The zero-order chi connectivity index (χ0) is 13.2. The molecule has 0 saturated heterocycles. The molecule has 0 aromatic carbocycles. The summed E-state index contributed by atoms with van der Waals surface area (Å²) in [6, 6.07) is 6.14. The van der Waals surface area contributed by atoms with Crippen LogP contribution < -0.4 is 5.32 Å². The summed E-state index contributed by atoms with van der Waals surface area (Å²) in [4.78, 5) is 16.3. The Labute approximate surface area is 111 Å². The van der Waals surface area contributed by atoms with E-state index in [0.29, 0.717) is 11.9 Å². The van der Waals surface area contributed by atoms with Gasteiger partial charge in [-0.05, 0) is 32.0 Å². The first kappa shape index (κ1) is 11.6. The van der Waals surface area contributed by atoms with Gasteiger partial charge >= 0.3 is 0 Å². The highest BCUT2D eigenvalue weighted by Crippen LogP contribution is 2.25. The molecule has 96 valence electrons. The lowest BCUT2D eigenvalue weighted by molar-refractivity contribution is 0.887. The summed E-state index contributed by atoms with van der Waals surface area (Å²) in [6.45, 7) is 4.16. The van der Waals surface area contributed by atoms with E-state index >= 15 is 0 Å². The largest absolute Gasteiger partial charge is 0.368 e. The van der Waals surface area contributed by atoms with Gasteiger partial charge in [-0.2, -0.15) is 0 Å². The van der Waals surface area contributed by atoms with Crippen molar-refractivity contribution in [2.24, 2.45) is 0 Å². The molecule has 0 aliphatic heterocycles. The SMILES string of the molecule is CC(C)Nc1ccnc(-c2c[nH]c3ncccc23)n1. The fourth-order valence-corrected chi connectivity index (χ4v) is 2.01. The lowest BCUT2D eigenvalue weighted by Gasteiger charge is -2.09. The molecule has 3 aromatic heterocycles. The summed E-state index contributed by atoms with van der Waals surface area (Å²) in [5.74, 6) is 1.53. The van der Waals surface area contributed by atoms with Gasteiger partial charge in [0.25, 0.3) is 0 Å². The minimum absolute atomic E-state index is 0.340. The van der Waals surface area contributed by atoms with Gasteiger partial charge in [-0.3, -0.25) is 0 Å². The van der Waals surface area contributed by atoms with Crippen LogP contribution in [0.25, 0.3) is 22.4 Å². The average molecular weight is 253 g/mol. The van der Waals surface area contributed by atoms with Gasteiger partial charge < -0.3 is 10.3 Å². The number of rotatable bonds is 3. The summed E-state index contributed by atoms with van der Waals surface area (Å²) in [6.07, 6.45) is 5.43. The normalized spacial score (nSPS) is 11.1. The summed E-state index contributed by atoms with van der Waals surface area (Å²) in [5.41, 5.74) is 1.82. The number of hydrogen-bond donors (Lipinski definition) is 2. The van der Waals surface area contributed by atoms with E-state index < -0.39 is 0 Å². The summed E-state index contributed by atoms with van der Waals surface area (Å²) >= 11 is 0. The zero-order valence-electron chi connectivity index (χ0n) is 10.9. The number of nitrogens with zero attached hydrogens (tertiary/aromatic N) is 3. The van der Waals surface area contributed by atoms with Crippen LogP contribution >= 0.6 is 0 Å². The van der Waals surface area contributed by atoms with Crippen LogP contribution in [0.4, 0.5) is 5.82 Å². The Morgan fingerprint density at radius 2 is 2.05 bits per heavy atom. The lowest BCUT2D eigenvalue weighted by atomic mass is 10.2. The summed E-state index contributed by atoms with van der Waals surface area (Å²) in [7, 11) is 0. The first-order valence-corrected chi connectivity index (χ1v) is 6.26. The molecular weight excluding hydrogens is 238 g/mol. The molecule has 0 aliphatic carbocycles. The monoisotopic (exact) mass is 253 g/mol. The Hall–Kier alpha value is -2.43. The van der Waals surface area contributed by atoms with Gasteiger partial charge in [-0.15, -0.1) is 0 Å². The number of hydrogen-bond acceptors (Lipinski definition) is 4. The minimum Gasteiger partial charge on any atom is -0.368 e. The summed E-state index contributed by atoms with van der Waals surface area (Å²) in [5, 5.41) is 4.31. The van der Waals surface area contributed by atoms with Crippen LogP contribution in [0, 0.1) is 0 Å². The zero-order valence-corrected chi connectivity index (χ0v) is 10.9. The maximum absolute atomic E-state index is 4.54. The van der Waals surface area contributed by atoms with Crippen LogP contribution in [0.3, 0.4) is 0 Å². The number of H-pyrrole nitrogens is 1. The molecule has 3 aromatic rings. The molecule has 0 atom stereocenters. The predicted octanol–water partition coefficient (Wildman–Crippen LogP) is 2.84. The average Bonchev–Trinajstić information content (AvgIpc) is 2.82. The van der Waals surface area contributed by atoms with E-state index in [4.69, 9.17) is 0 Å². The Balaban J connectivity index is 2.06. The van der Waals surface area contributed by atoms with Gasteiger partial charge in [-0.25, -0.2) is 15.0 Å². The van der Waals surface area contributed by atoms with Crippen LogP contribution in [-0.2, 0) is 0 Å². The fourth-order valence-electron chi connectivity index (χ4n) is 2.01. The van der Waals surface area contributed by atoms with E-state index in [1.807, 2.05) is 24.4 Å². The van der Waals surface area contributed by atoms with Crippen molar-refractivity contribution in [3.05, 3.63) is 36.8 Å². The standard InChI is InChI=1S/C14H15N5/c1-9(2)18-12-5-7-16-14(19-12)11-8-17-13-10(11)4-3-6-15-13/h3-9H,1-2H3,(H,15,17)(H,16,18,19). The molecular formula is C14H15N5. The minimum atomic E-state index is 0.340. The summed E-state index contributed by atoms with van der Waals surface area (Å²) < 4.78 is 0. The molecule has 3 heterocycles. The van der Waals surface area contributed by atoms with Crippen molar-refractivity contribution in [3.63, 3.8) is 0 Å². The molecule has 0 unspecified atom stereocenters. The maximum Gasteiger partial charge on any atom is 0.163 e. The Bertz CT molecular complexity index is 702. The second-order valence-corrected chi connectivity index (χ2v) is 4.67. The third-order valence-electron chi connectivity index (χ3n) is 2.78. The van der Waals surface area contributed by atoms with Gasteiger partial charge in [0.2, 0.25) is 0 Å². The predicted molar refractivity (Wildman–Crippen MR) is 75.9 cm³/mol. The highest BCUT2D eigenvalue weighted by Gasteiger charge is 2.09. The number of aromatic nitrogens is 4. The second kappa shape index (κ2) is 4.68. The van der Waals surface area contributed by atoms with Crippen molar-refractivity contribution in [2.45, 2.75) is 19.9 Å². The topological polar surface area (TPSA) is 66.5 Å². The smallest absolute Gasteiger partial charge is 0.163 e. The van der Waals surface area contributed by atoms with Crippen molar-refractivity contribution < 1.29 is 0 Å². The van der Waals surface area contributed by atoms with E-state index in [1.54, 1.807) is 12.4 Å². The number of pyridine rings is 1. The molecule has 0 spiro atoms. The molecule has 0 saturated carbocycles. The molecule has 0 bridgehead atoms. The van der Waals surface area contributed by atoms with Crippen LogP contribution in [-0.4, -0.2) is 26.0 Å². The van der Waals surface area contributed by atoms with Crippen molar-refractivity contribution in [2.75, 3.05) is 5.32 Å². The highest BCUT2D eigenvalue weighted by atomic mass is 15.0. The van der Waals surface area contributed by atoms with Crippen molar-refractivity contribution in [3.8, 4) is 11.4 Å². The molecule has 0 radical (unpaired) electrons. The van der Waals surface area contributed by atoms with E-state index in [1.165, 1.54) is 0 Å². The van der Waals surface area contributed by atoms with E-state index in [2.05, 4.69) is 39.1 Å². The second-order valence-electron chi connectivity index (χ2n) is 4.67. The van der Waals surface area contributed by atoms with Crippen LogP contribution in [0.15, 0.2) is 36.8 Å². The third kappa shape index (κ3) is 2.27. The first-order valence-electron chi connectivity index (χ1n) is 6.26. The fraction of sp³-hybridized carbons (Fsp3) is 0.214. The van der Waals surface area contributed by atoms with Crippen LogP contribution in [0.5, 0.6) is 0 Å². The van der Waals surface area contributed by atoms with Crippen molar-refractivity contribution in [1.29, 1.82) is 0 Å². The molecule has 0 aliphatic rings. The van der Waals surface area contributed by atoms with Gasteiger partial charge in [0, 0.05) is 35.6 Å². The Morgan fingerprint density at radius 1 is 1.16 bits per heavy atom. The molecule has 2 N–H and O–H groups in total. The van der Waals surface area contributed by atoms with Gasteiger partial charge in [0.15, 0.2) is 5.82 Å². The maximum atomic E-state index is 4.54. The van der Waals surface area contributed by atoms with Crippen LogP contribution in [0.2, 0.25) is 0 Å². The number of nitrogens with one attached hydrogen (secondary N) is 2. The number of anilines is 1. The lowest BCUT2D eigenvalue weighted by Crippen LogP contribution is -2.11. The van der Waals surface area contributed by atoms with E-state index in [0.717, 1.165) is 22.4 Å². The van der Waals surface area contributed by atoms with Gasteiger partial charge in [0.1, 0.15) is 11.5 Å². The first-order chi connectivity index (χ1) is 9.24. The quantitative estimate of drug-likeness (QED) is 0.753. The third-order valence-corrected chi connectivity index (χ3v) is 2.78. The highest BCUT2D eigenvalue weighted by molar-refractivity contribution is 5.91. The molecule has 0 fully saturated rings. The molecule has 19 heavy (non-hydrogen) atoms. The Morgan fingerprint density at radius 3 is 2.89 bits per heavy atom. The number of fused-ring (bicyclic) bond motifs is 1. The van der Waals surface area contributed by atoms with Crippen molar-refractivity contribution >= 4 is 16.9 Å². The number of aromatic amines is 1. The Kier molecular flexibility index (Phi) is 2.87. The van der Waals surface area contributed by atoms with Crippen LogP contribution in [0.1, 0.15) is 13.8 Å².